The van der Waals surface area contributed by atoms with E-state index >= 15 is 0 Å². The van der Waals surface area contributed by atoms with Gasteiger partial charge in [0.25, 0.3) is 0 Å². The van der Waals surface area contributed by atoms with Crippen LogP contribution in [0.2, 0.25) is 0 Å². The number of amides is 2. The lowest BCUT2D eigenvalue weighted by molar-refractivity contribution is -0.114. The zero-order valence-electron chi connectivity index (χ0n) is 16.3. The van der Waals surface area contributed by atoms with E-state index in [0.717, 1.165) is 22.7 Å². The lowest BCUT2D eigenvalue weighted by atomic mass is 10.2. The summed E-state index contributed by atoms with van der Waals surface area (Å²) in [6, 6.07) is 16.8. The number of thioether (sulfide) groups is 1. The zero-order chi connectivity index (χ0) is 21.2. The van der Waals surface area contributed by atoms with Crippen LogP contribution in [0, 0.1) is 0 Å². The number of benzene rings is 2. The Morgan fingerprint density at radius 3 is 2.60 bits per heavy atom. The molecule has 3 aromatic rings. The number of ether oxygens (including phenoxy) is 1. The number of carbonyl (C=O) groups is 2. The molecule has 154 valence electrons. The van der Waals surface area contributed by atoms with Crippen molar-refractivity contribution in [1.82, 2.24) is 4.98 Å². The van der Waals surface area contributed by atoms with Gasteiger partial charge in [0.1, 0.15) is 5.75 Å². The second-order valence-electron chi connectivity index (χ2n) is 6.15. The predicted octanol–water partition coefficient (Wildman–Crippen LogP) is 4.68. The maximum Gasteiger partial charge on any atom is 0.250 e. The minimum atomic E-state index is -0.230. The Labute approximate surface area is 183 Å². The minimum absolute atomic E-state index is 0.0834. The summed E-state index contributed by atoms with van der Waals surface area (Å²) in [6.45, 7) is 0. The number of methoxy groups -OCH3 is 1. The van der Waals surface area contributed by atoms with Gasteiger partial charge in [-0.25, -0.2) is 4.98 Å². The van der Waals surface area contributed by atoms with Gasteiger partial charge >= 0.3 is 0 Å². The number of carbonyl (C=O) groups excluding carboxylic acids is 2. The molecule has 0 bridgehead atoms. The van der Waals surface area contributed by atoms with Gasteiger partial charge in [0.05, 0.1) is 18.6 Å². The summed E-state index contributed by atoms with van der Waals surface area (Å²) in [5, 5.41) is 8.02. The van der Waals surface area contributed by atoms with Gasteiger partial charge in [-0.3, -0.25) is 14.9 Å². The van der Waals surface area contributed by atoms with Crippen molar-refractivity contribution in [3.8, 4) is 5.75 Å². The van der Waals surface area contributed by atoms with Crippen molar-refractivity contribution >= 4 is 51.8 Å². The maximum absolute atomic E-state index is 12.1. The van der Waals surface area contributed by atoms with E-state index in [-0.39, 0.29) is 11.8 Å². The molecule has 2 amide bonds. The quantitative estimate of drug-likeness (QED) is 0.474. The van der Waals surface area contributed by atoms with Crippen LogP contribution in [-0.4, -0.2) is 29.7 Å². The van der Waals surface area contributed by atoms with Gasteiger partial charge in [-0.2, -0.15) is 0 Å². The first-order chi connectivity index (χ1) is 14.6. The number of nitrogens with zero attached hydrogens (tertiary/aromatic N) is 1. The van der Waals surface area contributed by atoms with Crippen molar-refractivity contribution in [2.75, 3.05) is 23.5 Å². The van der Waals surface area contributed by atoms with Crippen molar-refractivity contribution in [1.29, 1.82) is 0 Å². The molecule has 6 nitrogen and oxygen atoms in total. The van der Waals surface area contributed by atoms with E-state index in [0.29, 0.717) is 16.6 Å². The van der Waals surface area contributed by atoms with Gasteiger partial charge in [-0.15, -0.1) is 23.1 Å². The van der Waals surface area contributed by atoms with Gasteiger partial charge in [0.2, 0.25) is 11.8 Å². The summed E-state index contributed by atoms with van der Waals surface area (Å²) < 4.78 is 5.10. The highest BCUT2D eigenvalue weighted by molar-refractivity contribution is 7.99. The second kappa shape index (κ2) is 11.2. The van der Waals surface area contributed by atoms with E-state index in [9.17, 15) is 9.59 Å². The summed E-state index contributed by atoms with van der Waals surface area (Å²) in [5.41, 5.74) is 2.50. The van der Waals surface area contributed by atoms with Gasteiger partial charge in [0, 0.05) is 22.9 Å². The van der Waals surface area contributed by atoms with Crippen LogP contribution in [0.3, 0.4) is 0 Å². The van der Waals surface area contributed by atoms with Crippen molar-refractivity contribution in [2.45, 2.75) is 5.75 Å². The SMILES string of the molecule is COc1ccc(NC(=O)CSCc2csc(NC(=O)/C=C/c3ccccc3)n2)cc1. The Balaban J connectivity index is 1.40. The normalized spacial score (nSPS) is 10.7. The average molecular weight is 440 g/mol. The van der Waals surface area contributed by atoms with Gasteiger partial charge in [-0.05, 0) is 35.9 Å². The molecule has 0 fully saturated rings. The highest BCUT2D eigenvalue weighted by Crippen LogP contribution is 2.20. The summed E-state index contributed by atoms with van der Waals surface area (Å²) in [7, 11) is 1.60. The van der Waals surface area contributed by atoms with Crippen LogP contribution >= 0.6 is 23.1 Å². The van der Waals surface area contributed by atoms with E-state index in [1.165, 1.54) is 29.2 Å². The number of nitrogens with one attached hydrogen (secondary N) is 2. The Morgan fingerprint density at radius 2 is 1.87 bits per heavy atom. The molecular weight excluding hydrogens is 418 g/mol. The third-order valence-electron chi connectivity index (χ3n) is 3.87. The highest BCUT2D eigenvalue weighted by atomic mass is 32.2. The Morgan fingerprint density at radius 1 is 1.10 bits per heavy atom. The van der Waals surface area contributed by atoms with Crippen LogP contribution < -0.4 is 15.4 Å². The second-order valence-corrected chi connectivity index (χ2v) is 7.99. The van der Waals surface area contributed by atoms with E-state index in [4.69, 9.17) is 4.74 Å². The van der Waals surface area contributed by atoms with Crippen molar-refractivity contribution < 1.29 is 14.3 Å². The first kappa shape index (κ1) is 21.6. The fraction of sp³-hybridized carbons (Fsp3) is 0.136. The lowest BCUT2D eigenvalue weighted by Gasteiger charge is -2.05. The molecule has 2 N–H and O–H groups in total. The fourth-order valence-corrected chi connectivity index (χ4v) is 3.97. The number of thiazole rings is 1. The van der Waals surface area contributed by atoms with Crippen LogP contribution in [0.4, 0.5) is 10.8 Å². The Hall–Kier alpha value is -3.10. The van der Waals surface area contributed by atoms with E-state index in [1.54, 1.807) is 37.5 Å². The summed E-state index contributed by atoms with van der Waals surface area (Å²) in [5.74, 6) is 1.32. The lowest BCUT2D eigenvalue weighted by Crippen LogP contribution is -2.14. The number of rotatable bonds is 9. The molecule has 1 heterocycles. The fourth-order valence-electron chi connectivity index (χ4n) is 2.43. The molecule has 8 heteroatoms. The number of hydrogen-bond donors (Lipinski definition) is 2. The molecule has 0 aliphatic heterocycles. The molecule has 0 saturated heterocycles. The smallest absolute Gasteiger partial charge is 0.250 e. The largest absolute Gasteiger partial charge is 0.497 e. The topological polar surface area (TPSA) is 80.3 Å². The van der Waals surface area contributed by atoms with Crippen molar-refractivity contribution in [3.63, 3.8) is 0 Å². The van der Waals surface area contributed by atoms with Crippen molar-refractivity contribution in [3.05, 3.63) is 77.3 Å². The van der Waals surface area contributed by atoms with Crippen LogP contribution in [0.15, 0.2) is 66.1 Å². The van der Waals surface area contributed by atoms with Crippen LogP contribution in [-0.2, 0) is 15.3 Å². The Bertz CT molecular complexity index is 1000. The van der Waals surface area contributed by atoms with E-state index in [2.05, 4.69) is 15.6 Å². The first-order valence-electron chi connectivity index (χ1n) is 9.12. The standard InChI is InChI=1S/C22H21N3O3S2/c1-28-19-10-8-17(9-11-19)23-21(27)15-29-13-18-14-30-22(24-18)25-20(26)12-7-16-5-3-2-4-6-16/h2-12,14H,13,15H2,1H3,(H,23,27)(H,24,25,26)/b12-7+. The van der Waals surface area contributed by atoms with E-state index < -0.39 is 0 Å². The highest BCUT2D eigenvalue weighted by Gasteiger charge is 2.07. The summed E-state index contributed by atoms with van der Waals surface area (Å²) in [6.07, 6.45) is 3.23. The van der Waals surface area contributed by atoms with Gasteiger partial charge < -0.3 is 10.1 Å². The first-order valence-corrected chi connectivity index (χ1v) is 11.2. The third-order valence-corrected chi connectivity index (χ3v) is 5.64. The van der Waals surface area contributed by atoms with E-state index in [1.807, 2.05) is 35.7 Å². The molecule has 0 unspecified atom stereocenters. The van der Waals surface area contributed by atoms with Gasteiger partial charge in [0.15, 0.2) is 5.13 Å². The summed E-state index contributed by atoms with van der Waals surface area (Å²) >= 11 is 2.82. The van der Waals surface area contributed by atoms with Crippen molar-refractivity contribution in [2.24, 2.45) is 0 Å². The molecule has 30 heavy (non-hydrogen) atoms. The Kier molecular flexibility index (Phi) is 8.05. The molecule has 0 saturated carbocycles. The third kappa shape index (κ3) is 7.06. The molecule has 0 spiro atoms. The molecule has 1 aromatic heterocycles. The zero-order valence-corrected chi connectivity index (χ0v) is 18.0. The monoisotopic (exact) mass is 439 g/mol. The van der Waals surface area contributed by atoms with Gasteiger partial charge in [-0.1, -0.05) is 30.3 Å². The molecule has 0 atom stereocenters. The molecule has 2 aromatic carbocycles. The molecule has 3 rings (SSSR count). The van der Waals surface area contributed by atoms with Crippen LogP contribution in [0.5, 0.6) is 5.75 Å². The molecule has 0 aliphatic carbocycles. The van der Waals surface area contributed by atoms with Crippen LogP contribution in [0.25, 0.3) is 6.08 Å². The summed E-state index contributed by atoms with van der Waals surface area (Å²) in [4.78, 5) is 28.5. The molecular formula is C22H21N3O3S2. The average Bonchev–Trinajstić information content (AvgIpc) is 3.20. The number of aromatic nitrogens is 1. The number of anilines is 2. The molecule has 0 radical (unpaired) electrons. The molecule has 0 aliphatic rings. The number of hydrogen-bond acceptors (Lipinski definition) is 6. The van der Waals surface area contributed by atoms with Crippen LogP contribution in [0.1, 0.15) is 11.3 Å². The predicted molar refractivity (Wildman–Crippen MR) is 124 cm³/mol. The minimum Gasteiger partial charge on any atom is -0.497 e. The maximum atomic E-state index is 12.1.